The SMILES string of the molecule is CCOCCOCCOc1ccc(CCC=C(OC(C)=O)C(=O)O)cc1. The molecule has 1 rings (SSSR count). The number of esters is 1. The van der Waals surface area contributed by atoms with Crippen LogP contribution in [0, 0.1) is 0 Å². The number of hydrogen-bond acceptors (Lipinski definition) is 6. The van der Waals surface area contributed by atoms with Gasteiger partial charge in [0.1, 0.15) is 12.4 Å². The van der Waals surface area contributed by atoms with E-state index >= 15 is 0 Å². The minimum Gasteiger partial charge on any atom is -0.491 e. The van der Waals surface area contributed by atoms with Crippen LogP contribution in [0.3, 0.4) is 0 Å². The maximum atomic E-state index is 10.9. The van der Waals surface area contributed by atoms with Crippen molar-refractivity contribution in [3.8, 4) is 5.75 Å². The van der Waals surface area contributed by atoms with E-state index in [1.54, 1.807) is 0 Å². The van der Waals surface area contributed by atoms with Crippen LogP contribution in [0.25, 0.3) is 0 Å². The number of hydrogen-bond donors (Lipinski definition) is 1. The smallest absolute Gasteiger partial charge is 0.371 e. The molecule has 0 saturated heterocycles. The third-order valence-electron chi connectivity index (χ3n) is 3.22. The van der Waals surface area contributed by atoms with Crippen molar-refractivity contribution in [2.45, 2.75) is 26.7 Å². The van der Waals surface area contributed by atoms with Crippen molar-refractivity contribution in [3.05, 3.63) is 41.7 Å². The van der Waals surface area contributed by atoms with E-state index in [9.17, 15) is 9.59 Å². The Hall–Kier alpha value is -2.38. The molecule has 1 aromatic carbocycles. The molecule has 0 atom stereocenters. The van der Waals surface area contributed by atoms with Crippen LogP contribution >= 0.6 is 0 Å². The van der Waals surface area contributed by atoms with E-state index in [4.69, 9.17) is 19.3 Å². The molecule has 26 heavy (non-hydrogen) atoms. The Morgan fingerprint density at radius 2 is 1.69 bits per heavy atom. The van der Waals surface area contributed by atoms with Gasteiger partial charge in [-0.25, -0.2) is 4.79 Å². The van der Waals surface area contributed by atoms with E-state index in [1.165, 1.54) is 13.0 Å². The van der Waals surface area contributed by atoms with Gasteiger partial charge >= 0.3 is 11.9 Å². The van der Waals surface area contributed by atoms with Crippen LogP contribution < -0.4 is 4.74 Å². The first-order valence-electron chi connectivity index (χ1n) is 8.52. The Kier molecular flexibility index (Phi) is 10.8. The monoisotopic (exact) mass is 366 g/mol. The van der Waals surface area contributed by atoms with Gasteiger partial charge in [-0.2, -0.15) is 0 Å². The van der Waals surface area contributed by atoms with Crippen molar-refractivity contribution in [2.24, 2.45) is 0 Å². The van der Waals surface area contributed by atoms with Gasteiger partial charge in [-0.15, -0.1) is 0 Å². The van der Waals surface area contributed by atoms with Crippen LogP contribution in [0.15, 0.2) is 36.1 Å². The van der Waals surface area contributed by atoms with E-state index in [0.717, 1.165) is 11.3 Å². The minimum absolute atomic E-state index is 0.346. The van der Waals surface area contributed by atoms with E-state index in [1.807, 2.05) is 31.2 Å². The van der Waals surface area contributed by atoms with Crippen LogP contribution in [-0.4, -0.2) is 50.1 Å². The summed E-state index contributed by atoms with van der Waals surface area (Å²) in [7, 11) is 0. The van der Waals surface area contributed by atoms with Crippen LogP contribution in [0.4, 0.5) is 0 Å². The third-order valence-corrected chi connectivity index (χ3v) is 3.22. The molecule has 0 aliphatic carbocycles. The fraction of sp³-hybridized carbons (Fsp3) is 0.474. The lowest BCUT2D eigenvalue weighted by Gasteiger charge is -2.08. The molecule has 144 valence electrons. The lowest BCUT2D eigenvalue weighted by molar-refractivity contribution is -0.146. The maximum Gasteiger partial charge on any atom is 0.371 e. The van der Waals surface area contributed by atoms with Crippen LogP contribution in [0.5, 0.6) is 5.75 Å². The van der Waals surface area contributed by atoms with E-state index in [2.05, 4.69) is 4.74 Å². The second kappa shape index (κ2) is 12.9. The molecule has 0 fully saturated rings. The highest BCUT2D eigenvalue weighted by Gasteiger charge is 2.10. The Bertz CT molecular complexity index is 578. The Morgan fingerprint density at radius 1 is 1.04 bits per heavy atom. The van der Waals surface area contributed by atoms with Gasteiger partial charge in [0.15, 0.2) is 0 Å². The molecular formula is C19H26O7. The molecule has 0 saturated carbocycles. The van der Waals surface area contributed by atoms with Crippen molar-refractivity contribution in [2.75, 3.05) is 33.0 Å². The average molecular weight is 366 g/mol. The third kappa shape index (κ3) is 9.80. The summed E-state index contributed by atoms with van der Waals surface area (Å²) in [6, 6.07) is 7.52. The molecule has 0 spiro atoms. The maximum absolute atomic E-state index is 10.9. The van der Waals surface area contributed by atoms with Crippen molar-refractivity contribution >= 4 is 11.9 Å². The first-order valence-corrected chi connectivity index (χ1v) is 8.52. The van der Waals surface area contributed by atoms with Gasteiger partial charge in [0.2, 0.25) is 5.76 Å². The van der Waals surface area contributed by atoms with Crippen LogP contribution in [0.1, 0.15) is 25.8 Å². The summed E-state index contributed by atoms with van der Waals surface area (Å²) in [5.74, 6) is -1.51. The molecule has 7 heteroatoms. The molecule has 0 radical (unpaired) electrons. The highest BCUT2D eigenvalue weighted by atomic mass is 16.6. The molecule has 7 nitrogen and oxygen atoms in total. The van der Waals surface area contributed by atoms with E-state index < -0.39 is 11.9 Å². The predicted octanol–water partition coefficient (Wildman–Crippen LogP) is 2.58. The van der Waals surface area contributed by atoms with Gasteiger partial charge in [0.25, 0.3) is 0 Å². The zero-order valence-corrected chi connectivity index (χ0v) is 15.2. The zero-order valence-electron chi connectivity index (χ0n) is 15.2. The Morgan fingerprint density at radius 3 is 2.31 bits per heavy atom. The summed E-state index contributed by atoms with van der Waals surface area (Å²) in [6.45, 7) is 5.87. The lowest BCUT2D eigenvalue weighted by atomic mass is 10.1. The number of allylic oxidation sites excluding steroid dienone is 1. The molecular weight excluding hydrogens is 340 g/mol. The fourth-order valence-electron chi connectivity index (χ4n) is 2.03. The number of rotatable bonds is 13. The number of benzene rings is 1. The molecule has 0 aliphatic rings. The predicted molar refractivity (Wildman–Crippen MR) is 95.1 cm³/mol. The van der Waals surface area contributed by atoms with Crippen LogP contribution in [-0.2, 0) is 30.2 Å². The number of aryl methyl sites for hydroxylation is 1. The van der Waals surface area contributed by atoms with Crippen molar-refractivity contribution < 1.29 is 33.6 Å². The summed E-state index contributed by atoms with van der Waals surface area (Å²) in [4.78, 5) is 21.8. The second-order valence-electron chi connectivity index (χ2n) is 5.31. The number of aliphatic carboxylic acids is 1. The summed E-state index contributed by atoms with van der Waals surface area (Å²) < 4.78 is 20.7. The summed E-state index contributed by atoms with van der Waals surface area (Å²) in [5.41, 5.74) is 1.02. The molecule has 1 aromatic rings. The summed E-state index contributed by atoms with van der Waals surface area (Å²) in [5, 5.41) is 8.94. The number of carbonyl (C=O) groups excluding carboxylic acids is 1. The molecule has 0 aromatic heterocycles. The molecule has 0 aliphatic heterocycles. The summed E-state index contributed by atoms with van der Waals surface area (Å²) >= 11 is 0. The fourth-order valence-corrected chi connectivity index (χ4v) is 2.03. The minimum atomic E-state index is -1.26. The average Bonchev–Trinajstić information content (AvgIpc) is 2.61. The van der Waals surface area contributed by atoms with Gasteiger partial charge in [-0.05, 0) is 43.5 Å². The Labute approximate surface area is 153 Å². The Balaban J connectivity index is 2.31. The first kappa shape index (κ1) is 21.7. The largest absolute Gasteiger partial charge is 0.491 e. The van der Waals surface area contributed by atoms with Crippen molar-refractivity contribution in [3.63, 3.8) is 0 Å². The molecule has 0 amide bonds. The topological polar surface area (TPSA) is 91.3 Å². The van der Waals surface area contributed by atoms with E-state index in [0.29, 0.717) is 45.9 Å². The van der Waals surface area contributed by atoms with Gasteiger partial charge < -0.3 is 24.1 Å². The normalized spacial score (nSPS) is 11.2. The molecule has 0 heterocycles. The highest BCUT2D eigenvalue weighted by Crippen LogP contribution is 2.14. The van der Waals surface area contributed by atoms with Crippen molar-refractivity contribution in [1.29, 1.82) is 0 Å². The lowest BCUT2D eigenvalue weighted by Crippen LogP contribution is -2.10. The van der Waals surface area contributed by atoms with Gasteiger partial charge in [0.05, 0.1) is 19.8 Å². The number of ether oxygens (including phenoxy) is 4. The highest BCUT2D eigenvalue weighted by molar-refractivity contribution is 5.87. The molecule has 0 unspecified atom stereocenters. The van der Waals surface area contributed by atoms with Gasteiger partial charge in [-0.1, -0.05) is 12.1 Å². The summed E-state index contributed by atoms with van der Waals surface area (Å²) in [6.07, 6.45) is 2.47. The standard InChI is InChI=1S/C19H26O7/c1-3-23-11-12-24-13-14-25-17-9-7-16(8-10-17)5-4-6-18(19(21)22)26-15(2)20/h6-10H,3-5,11-14H2,1-2H3,(H,21,22). The first-order chi connectivity index (χ1) is 12.5. The van der Waals surface area contributed by atoms with Crippen molar-refractivity contribution in [1.82, 2.24) is 0 Å². The molecule has 0 bridgehead atoms. The number of carboxylic acids is 1. The second-order valence-corrected chi connectivity index (χ2v) is 5.31. The number of carboxylic acid groups (broad SMARTS) is 1. The van der Waals surface area contributed by atoms with Crippen LogP contribution in [0.2, 0.25) is 0 Å². The number of carbonyl (C=O) groups is 2. The van der Waals surface area contributed by atoms with Gasteiger partial charge in [0, 0.05) is 13.5 Å². The quantitative estimate of drug-likeness (QED) is 0.248. The molecule has 1 N–H and O–H groups in total. The zero-order chi connectivity index (χ0) is 19.2. The van der Waals surface area contributed by atoms with Gasteiger partial charge in [-0.3, -0.25) is 4.79 Å². The van der Waals surface area contributed by atoms with E-state index in [-0.39, 0.29) is 5.76 Å².